The van der Waals surface area contributed by atoms with Gasteiger partial charge in [-0.1, -0.05) is 30.3 Å². The van der Waals surface area contributed by atoms with Crippen LogP contribution in [0.3, 0.4) is 0 Å². The highest BCUT2D eigenvalue weighted by Crippen LogP contribution is 2.28. The lowest BCUT2D eigenvalue weighted by molar-refractivity contribution is -0.133. The number of carbonyl (C=O) groups is 1. The van der Waals surface area contributed by atoms with Gasteiger partial charge in [0.05, 0.1) is 5.92 Å². The van der Waals surface area contributed by atoms with Gasteiger partial charge in [0.15, 0.2) is 0 Å². The number of piperidine rings is 1. The van der Waals surface area contributed by atoms with Crippen molar-refractivity contribution in [1.29, 1.82) is 0 Å². The molecule has 0 radical (unpaired) electrons. The van der Waals surface area contributed by atoms with Gasteiger partial charge in [-0.25, -0.2) is 9.97 Å². The highest BCUT2D eigenvalue weighted by Gasteiger charge is 2.30. The van der Waals surface area contributed by atoms with Crippen LogP contribution in [0.2, 0.25) is 0 Å². The van der Waals surface area contributed by atoms with E-state index in [0.717, 1.165) is 56.8 Å². The first-order valence-corrected chi connectivity index (χ1v) is 9.99. The SMILES string of the molecule is C[C@@H](C(=O)N1CCC[C@H](c2ncc3c(n2)CCN(C)C3)C1)c1ccccc1. The van der Waals surface area contributed by atoms with Gasteiger partial charge in [-0.2, -0.15) is 0 Å². The highest BCUT2D eigenvalue weighted by molar-refractivity contribution is 5.83. The summed E-state index contributed by atoms with van der Waals surface area (Å²) in [6.45, 7) is 5.55. The number of rotatable bonds is 3. The van der Waals surface area contributed by atoms with E-state index in [9.17, 15) is 4.79 Å². The van der Waals surface area contributed by atoms with E-state index in [1.807, 2.05) is 48.4 Å². The minimum Gasteiger partial charge on any atom is -0.341 e. The molecule has 2 aromatic rings. The Morgan fingerprint density at radius 1 is 1.22 bits per heavy atom. The summed E-state index contributed by atoms with van der Waals surface area (Å²) in [5.41, 5.74) is 3.52. The number of carbonyl (C=O) groups excluding carboxylic acids is 1. The fourth-order valence-electron chi connectivity index (χ4n) is 4.22. The van der Waals surface area contributed by atoms with Gasteiger partial charge in [-0.3, -0.25) is 4.79 Å². The number of likely N-dealkylation sites (tertiary alicyclic amines) is 1. The molecule has 0 spiro atoms. The van der Waals surface area contributed by atoms with Crippen molar-refractivity contribution < 1.29 is 4.79 Å². The number of amides is 1. The van der Waals surface area contributed by atoms with E-state index < -0.39 is 0 Å². The lowest BCUT2D eigenvalue weighted by Crippen LogP contribution is -2.41. The van der Waals surface area contributed by atoms with Gasteiger partial charge < -0.3 is 9.80 Å². The molecule has 2 atom stereocenters. The summed E-state index contributed by atoms with van der Waals surface area (Å²) in [6, 6.07) is 10.1. The van der Waals surface area contributed by atoms with Crippen LogP contribution in [0.4, 0.5) is 0 Å². The van der Waals surface area contributed by atoms with E-state index in [0.29, 0.717) is 0 Å². The zero-order chi connectivity index (χ0) is 18.8. The number of nitrogens with zero attached hydrogens (tertiary/aromatic N) is 4. The average Bonchev–Trinajstić information content (AvgIpc) is 2.73. The van der Waals surface area contributed by atoms with Gasteiger partial charge in [0.25, 0.3) is 0 Å². The molecule has 2 aliphatic rings. The fourth-order valence-corrected chi connectivity index (χ4v) is 4.22. The van der Waals surface area contributed by atoms with Crippen molar-refractivity contribution in [3.63, 3.8) is 0 Å². The maximum absolute atomic E-state index is 13.0. The van der Waals surface area contributed by atoms with E-state index in [4.69, 9.17) is 4.98 Å². The fraction of sp³-hybridized carbons (Fsp3) is 0.500. The van der Waals surface area contributed by atoms with Gasteiger partial charge in [0.1, 0.15) is 5.82 Å². The summed E-state index contributed by atoms with van der Waals surface area (Å²) in [5.74, 6) is 1.27. The maximum Gasteiger partial charge on any atom is 0.229 e. The van der Waals surface area contributed by atoms with Crippen molar-refractivity contribution in [2.45, 2.75) is 44.6 Å². The first kappa shape index (κ1) is 18.1. The Morgan fingerprint density at radius 3 is 2.85 bits per heavy atom. The second-order valence-corrected chi connectivity index (χ2v) is 7.94. The molecule has 0 aliphatic carbocycles. The number of benzene rings is 1. The Morgan fingerprint density at radius 2 is 2.04 bits per heavy atom. The van der Waals surface area contributed by atoms with Gasteiger partial charge >= 0.3 is 0 Å². The Bertz CT molecular complexity index is 807. The Balaban J connectivity index is 1.47. The number of likely N-dealkylation sites (N-methyl/N-ethyl adjacent to an activating group) is 1. The standard InChI is InChI=1S/C22H28N4O/c1-16(17-7-4-3-5-8-17)22(27)26-11-6-9-18(15-26)21-23-13-19-14-25(2)12-10-20(19)24-21/h3-5,7-8,13,16,18H,6,9-12,14-15H2,1-2H3/t16-,18+/m1/s1. The van der Waals surface area contributed by atoms with Crippen molar-refractivity contribution in [3.8, 4) is 0 Å². The number of hydrogen-bond acceptors (Lipinski definition) is 4. The lowest BCUT2D eigenvalue weighted by Gasteiger charge is -2.34. The molecule has 3 heterocycles. The van der Waals surface area contributed by atoms with E-state index in [1.165, 1.54) is 11.3 Å². The Hall–Kier alpha value is -2.27. The summed E-state index contributed by atoms with van der Waals surface area (Å²) in [6.07, 6.45) is 5.06. The van der Waals surface area contributed by atoms with Crippen molar-refractivity contribution >= 4 is 5.91 Å². The van der Waals surface area contributed by atoms with Crippen molar-refractivity contribution in [1.82, 2.24) is 19.8 Å². The number of hydrogen-bond donors (Lipinski definition) is 0. The third-order valence-electron chi connectivity index (χ3n) is 5.91. The quantitative estimate of drug-likeness (QED) is 0.840. The van der Waals surface area contributed by atoms with Crippen molar-refractivity contribution in [2.75, 3.05) is 26.7 Å². The second-order valence-electron chi connectivity index (χ2n) is 7.94. The minimum absolute atomic E-state index is 0.107. The summed E-state index contributed by atoms with van der Waals surface area (Å²) < 4.78 is 0. The third kappa shape index (κ3) is 3.88. The molecule has 1 fully saturated rings. The zero-order valence-electron chi connectivity index (χ0n) is 16.3. The third-order valence-corrected chi connectivity index (χ3v) is 5.91. The van der Waals surface area contributed by atoms with Crippen molar-refractivity contribution in [2.24, 2.45) is 0 Å². The van der Waals surface area contributed by atoms with Crippen LogP contribution in [0.15, 0.2) is 36.5 Å². The summed E-state index contributed by atoms with van der Waals surface area (Å²) in [7, 11) is 2.13. The molecular formula is C22H28N4O. The molecule has 0 N–H and O–H groups in total. The van der Waals surface area contributed by atoms with Gasteiger partial charge in [-0.05, 0) is 32.4 Å². The summed E-state index contributed by atoms with van der Waals surface area (Å²) >= 11 is 0. The zero-order valence-corrected chi connectivity index (χ0v) is 16.3. The van der Waals surface area contributed by atoms with Gasteiger partial charge in [-0.15, -0.1) is 0 Å². The van der Waals surface area contributed by atoms with Crippen LogP contribution in [0.5, 0.6) is 0 Å². The van der Waals surface area contributed by atoms with Crippen LogP contribution in [0.25, 0.3) is 0 Å². The molecule has 0 bridgehead atoms. The molecule has 0 saturated carbocycles. The summed E-state index contributed by atoms with van der Waals surface area (Å²) in [4.78, 5) is 26.9. The normalized spacial score (nSPS) is 21.6. The topological polar surface area (TPSA) is 49.3 Å². The van der Waals surface area contributed by atoms with E-state index in [1.54, 1.807) is 0 Å². The molecule has 1 amide bonds. The van der Waals surface area contributed by atoms with Gasteiger partial charge in [0, 0.05) is 56.0 Å². The van der Waals surface area contributed by atoms with E-state index in [2.05, 4.69) is 16.9 Å². The van der Waals surface area contributed by atoms with Crippen LogP contribution in [0, 0.1) is 0 Å². The summed E-state index contributed by atoms with van der Waals surface area (Å²) in [5, 5.41) is 0. The van der Waals surface area contributed by atoms with Crippen LogP contribution in [-0.2, 0) is 17.8 Å². The Labute approximate surface area is 161 Å². The molecule has 0 unspecified atom stereocenters. The Kier molecular flexibility index (Phi) is 5.21. The maximum atomic E-state index is 13.0. The monoisotopic (exact) mass is 364 g/mol. The van der Waals surface area contributed by atoms with Crippen molar-refractivity contribution in [3.05, 3.63) is 59.2 Å². The average molecular weight is 364 g/mol. The predicted molar refractivity (Wildman–Crippen MR) is 105 cm³/mol. The molecular weight excluding hydrogens is 336 g/mol. The van der Waals surface area contributed by atoms with Crippen LogP contribution in [-0.4, -0.2) is 52.4 Å². The number of aromatic nitrogens is 2. The molecule has 4 rings (SSSR count). The van der Waals surface area contributed by atoms with Crippen LogP contribution < -0.4 is 0 Å². The molecule has 5 nitrogen and oxygen atoms in total. The largest absolute Gasteiger partial charge is 0.341 e. The molecule has 1 aromatic carbocycles. The smallest absolute Gasteiger partial charge is 0.229 e. The van der Waals surface area contributed by atoms with Gasteiger partial charge in [0.2, 0.25) is 5.91 Å². The van der Waals surface area contributed by atoms with Crippen LogP contribution in [0.1, 0.15) is 54.2 Å². The van der Waals surface area contributed by atoms with Crippen LogP contribution >= 0.6 is 0 Å². The molecule has 142 valence electrons. The molecule has 1 aromatic heterocycles. The molecule has 1 saturated heterocycles. The first-order chi connectivity index (χ1) is 13.1. The highest BCUT2D eigenvalue weighted by atomic mass is 16.2. The number of fused-ring (bicyclic) bond motifs is 1. The second kappa shape index (κ2) is 7.77. The predicted octanol–water partition coefficient (Wildman–Crippen LogP) is 2.97. The first-order valence-electron chi connectivity index (χ1n) is 9.99. The van der Waals surface area contributed by atoms with E-state index in [-0.39, 0.29) is 17.7 Å². The molecule has 2 aliphatic heterocycles. The molecule has 5 heteroatoms. The molecule has 27 heavy (non-hydrogen) atoms. The lowest BCUT2D eigenvalue weighted by atomic mass is 9.93. The van der Waals surface area contributed by atoms with E-state index >= 15 is 0 Å². The minimum atomic E-state index is -0.107.